The summed E-state index contributed by atoms with van der Waals surface area (Å²) in [6.07, 6.45) is 1.39. The highest BCUT2D eigenvalue weighted by Gasteiger charge is 2.26. The summed E-state index contributed by atoms with van der Waals surface area (Å²) in [6, 6.07) is 2.35. The van der Waals surface area contributed by atoms with E-state index in [4.69, 9.17) is 10.2 Å². The number of rotatable bonds is 7. The van der Waals surface area contributed by atoms with Crippen molar-refractivity contribution in [2.45, 2.75) is 26.3 Å². The van der Waals surface area contributed by atoms with Crippen LogP contribution in [0.1, 0.15) is 30.1 Å². The second-order valence-electron chi connectivity index (χ2n) is 5.45. The molecular formula is C15H18N4O4S. The van der Waals surface area contributed by atoms with Crippen molar-refractivity contribution in [3.63, 3.8) is 0 Å². The van der Waals surface area contributed by atoms with Crippen molar-refractivity contribution < 1.29 is 18.8 Å². The number of furan rings is 1. The van der Waals surface area contributed by atoms with Crippen LogP contribution in [0.3, 0.4) is 0 Å². The van der Waals surface area contributed by atoms with Gasteiger partial charge in [0, 0.05) is 5.38 Å². The highest BCUT2D eigenvalue weighted by molar-refractivity contribution is 7.13. The molecule has 2 rings (SSSR count). The maximum absolute atomic E-state index is 12.4. The monoisotopic (exact) mass is 350 g/mol. The summed E-state index contributed by atoms with van der Waals surface area (Å²) in [5, 5.41) is 7.26. The van der Waals surface area contributed by atoms with Crippen molar-refractivity contribution in [2.24, 2.45) is 11.7 Å². The van der Waals surface area contributed by atoms with E-state index in [-0.39, 0.29) is 18.1 Å². The molecule has 0 fully saturated rings. The molecule has 2 heterocycles. The SMILES string of the molecule is CC(C)C(NC(=O)c1ccco1)C(=O)Nc1nc(CC(N)=O)cs1. The van der Waals surface area contributed by atoms with Crippen molar-refractivity contribution in [3.8, 4) is 0 Å². The van der Waals surface area contributed by atoms with Crippen LogP contribution in [-0.4, -0.2) is 28.7 Å². The Morgan fingerprint density at radius 1 is 1.38 bits per heavy atom. The molecule has 24 heavy (non-hydrogen) atoms. The highest BCUT2D eigenvalue weighted by atomic mass is 32.1. The van der Waals surface area contributed by atoms with Crippen LogP contribution in [0, 0.1) is 5.92 Å². The van der Waals surface area contributed by atoms with Gasteiger partial charge in [0.1, 0.15) is 6.04 Å². The molecule has 2 aromatic rings. The molecule has 1 unspecified atom stereocenters. The van der Waals surface area contributed by atoms with E-state index in [9.17, 15) is 14.4 Å². The van der Waals surface area contributed by atoms with Gasteiger partial charge in [0.15, 0.2) is 10.9 Å². The van der Waals surface area contributed by atoms with Crippen LogP contribution >= 0.6 is 11.3 Å². The number of carbonyl (C=O) groups is 3. The lowest BCUT2D eigenvalue weighted by Gasteiger charge is -2.20. The number of primary amides is 1. The molecular weight excluding hydrogens is 332 g/mol. The Hall–Kier alpha value is -2.68. The predicted octanol–water partition coefficient (Wildman–Crippen LogP) is 1.16. The molecule has 0 saturated heterocycles. The molecule has 0 aliphatic rings. The Bertz CT molecular complexity index is 724. The molecule has 9 heteroatoms. The minimum absolute atomic E-state index is 0.00914. The van der Waals surface area contributed by atoms with E-state index in [1.165, 1.54) is 23.7 Å². The third kappa shape index (κ3) is 4.66. The first-order valence-electron chi connectivity index (χ1n) is 7.24. The molecule has 0 aliphatic carbocycles. The largest absolute Gasteiger partial charge is 0.459 e. The number of hydrogen-bond donors (Lipinski definition) is 3. The third-order valence-corrected chi connectivity index (χ3v) is 3.92. The lowest BCUT2D eigenvalue weighted by molar-refractivity contribution is -0.119. The van der Waals surface area contributed by atoms with E-state index < -0.39 is 23.8 Å². The quantitative estimate of drug-likeness (QED) is 0.690. The zero-order valence-electron chi connectivity index (χ0n) is 13.2. The van der Waals surface area contributed by atoms with Crippen LogP contribution in [-0.2, 0) is 16.0 Å². The average Bonchev–Trinajstić information content (AvgIpc) is 3.15. The van der Waals surface area contributed by atoms with E-state index in [0.717, 1.165) is 0 Å². The van der Waals surface area contributed by atoms with E-state index >= 15 is 0 Å². The topological polar surface area (TPSA) is 127 Å². The molecule has 0 aliphatic heterocycles. The molecule has 4 N–H and O–H groups in total. The van der Waals surface area contributed by atoms with Crippen LogP contribution < -0.4 is 16.4 Å². The first-order valence-corrected chi connectivity index (χ1v) is 8.12. The summed E-state index contributed by atoms with van der Waals surface area (Å²) < 4.78 is 5.02. The molecule has 128 valence electrons. The average molecular weight is 350 g/mol. The van der Waals surface area contributed by atoms with Crippen LogP contribution in [0.2, 0.25) is 0 Å². The lowest BCUT2D eigenvalue weighted by Crippen LogP contribution is -2.47. The number of hydrogen-bond acceptors (Lipinski definition) is 6. The minimum atomic E-state index is -0.758. The van der Waals surface area contributed by atoms with Gasteiger partial charge in [-0.3, -0.25) is 14.4 Å². The number of anilines is 1. The molecule has 2 aromatic heterocycles. The van der Waals surface area contributed by atoms with Crippen molar-refractivity contribution in [1.29, 1.82) is 0 Å². The first kappa shape index (κ1) is 17.7. The van der Waals surface area contributed by atoms with E-state index in [0.29, 0.717) is 10.8 Å². The summed E-state index contributed by atoms with van der Waals surface area (Å²) in [5.74, 6) is -1.38. The number of nitrogens with two attached hydrogens (primary N) is 1. The summed E-state index contributed by atoms with van der Waals surface area (Å²) in [6.45, 7) is 3.63. The summed E-state index contributed by atoms with van der Waals surface area (Å²) in [7, 11) is 0. The number of nitrogens with zero attached hydrogens (tertiary/aromatic N) is 1. The Kier molecular flexibility index (Phi) is 5.69. The van der Waals surface area contributed by atoms with E-state index in [1.54, 1.807) is 11.4 Å². The van der Waals surface area contributed by atoms with Gasteiger partial charge in [-0.15, -0.1) is 11.3 Å². The fourth-order valence-electron chi connectivity index (χ4n) is 1.96. The van der Waals surface area contributed by atoms with Gasteiger partial charge < -0.3 is 20.8 Å². The minimum Gasteiger partial charge on any atom is -0.459 e. The summed E-state index contributed by atoms with van der Waals surface area (Å²) in [5.41, 5.74) is 5.60. The molecule has 8 nitrogen and oxygen atoms in total. The van der Waals surface area contributed by atoms with E-state index in [1.807, 2.05) is 13.8 Å². The molecule has 3 amide bonds. The zero-order valence-corrected chi connectivity index (χ0v) is 14.1. The van der Waals surface area contributed by atoms with Crippen molar-refractivity contribution >= 4 is 34.2 Å². The van der Waals surface area contributed by atoms with E-state index in [2.05, 4.69) is 15.6 Å². The van der Waals surface area contributed by atoms with Crippen LogP contribution in [0.15, 0.2) is 28.2 Å². The second-order valence-corrected chi connectivity index (χ2v) is 6.31. The third-order valence-electron chi connectivity index (χ3n) is 3.12. The Balaban J connectivity index is 2.02. The maximum Gasteiger partial charge on any atom is 0.287 e. The molecule has 0 spiro atoms. The zero-order chi connectivity index (χ0) is 17.7. The normalized spacial score (nSPS) is 12.0. The number of nitrogens with one attached hydrogen (secondary N) is 2. The molecule has 0 radical (unpaired) electrons. The van der Waals surface area contributed by atoms with Crippen molar-refractivity contribution in [2.75, 3.05) is 5.32 Å². The Morgan fingerprint density at radius 2 is 2.12 bits per heavy atom. The number of aromatic nitrogens is 1. The maximum atomic E-state index is 12.4. The number of thiazole rings is 1. The Labute approximate surface area is 142 Å². The molecule has 1 atom stereocenters. The first-order chi connectivity index (χ1) is 11.4. The summed E-state index contributed by atoms with van der Waals surface area (Å²) in [4.78, 5) is 39.5. The highest BCUT2D eigenvalue weighted by Crippen LogP contribution is 2.17. The van der Waals surface area contributed by atoms with Gasteiger partial charge in [-0.25, -0.2) is 4.98 Å². The van der Waals surface area contributed by atoms with Gasteiger partial charge in [0.2, 0.25) is 11.8 Å². The standard InChI is InChI=1S/C15H18N4O4S/c1-8(2)12(18-13(21)10-4-3-5-23-10)14(22)19-15-17-9(7-24-15)6-11(16)20/h3-5,7-8,12H,6H2,1-2H3,(H2,16,20)(H,18,21)(H,17,19,22). The molecule has 0 saturated carbocycles. The lowest BCUT2D eigenvalue weighted by atomic mass is 10.0. The van der Waals surface area contributed by atoms with Crippen LogP contribution in [0.25, 0.3) is 0 Å². The van der Waals surface area contributed by atoms with Gasteiger partial charge in [-0.2, -0.15) is 0 Å². The molecule has 0 aromatic carbocycles. The van der Waals surface area contributed by atoms with Crippen LogP contribution in [0.4, 0.5) is 5.13 Å². The molecule has 0 bridgehead atoms. The van der Waals surface area contributed by atoms with Gasteiger partial charge in [-0.1, -0.05) is 13.8 Å². The van der Waals surface area contributed by atoms with Gasteiger partial charge >= 0.3 is 0 Å². The number of carbonyl (C=O) groups excluding carboxylic acids is 3. The Morgan fingerprint density at radius 3 is 2.71 bits per heavy atom. The van der Waals surface area contributed by atoms with Gasteiger partial charge in [0.25, 0.3) is 5.91 Å². The summed E-state index contributed by atoms with van der Waals surface area (Å²) >= 11 is 1.18. The van der Waals surface area contributed by atoms with Crippen molar-refractivity contribution in [1.82, 2.24) is 10.3 Å². The number of amides is 3. The van der Waals surface area contributed by atoms with Crippen molar-refractivity contribution in [3.05, 3.63) is 35.2 Å². The smallest absolute Gasteiger partial charge is 0.287 e. The fourth-order valence-corrected chi connectivity index (χ4v) is 2.68. The fraction of sp³-hybridized carbons (Fsp3) is 0.333. The van der Waals surface area contributed by atoms with Crippen LogP contribution in [0.5, 0.6) is 0 Å². The predicted molar refractivity (Wildman–Crippen MR) is 88.4 cm³/mol. The van der Waals surface area contributed by atoms with Gasteiger partial charge in [-0.05, 0) is 18.1 Å². The second kappa shape index (κ2) is 7.73. The van der Waals surface area contributed by atoms with Gasteiger partial charge in [0.05, 0.1) is 18.4 Å².